The largest absolute Gasteiger partial charge is 0.478 e. The first-order valence-electron chi connectivity index (χ1n) is 6.73. The van der Waals surface area contributed by atoms with Crippen LogP contribution in [0.1, 0.15) is 33.0 Å². The first-order chi connectivity index (χ1) is 10.0. The highest BCUT2D eigenvalue weighted by Gasteiger charge is 2.05. The molecule has 1 amide bonds. The lowest BCUT2D eigenvalue weighted by molar-refractivity contribution is -0.116. The minimum Gasteiger partial charge on any atom is -0.478 e. The van der Waals surface area contributed by atoms with E-state index in [2.05, 4.69) is 24.4 Å². The number of benzene rings is 1. The van der Waals surface area contributed by atoms with E-state index in [0.29, 0.717) is 12.1 Å². The van der Waals surface area contributed by atoms with Crippen molar-refractivity contribution in [3.05, 3.63) is 51.7 Å². The molecule has 0 saturated carbocycles. The van der Waals surface area contributed by atoms with Crippen LogP contribution in [-0.2, 0) is 11.2 Å². The smallest absolute Gasteiger partial charge is 0.335 e. The summed E-state index contributed by atoms with van der Waals surface area (Å²) < 4.78 is 0. The van der Waals surface area contributed by atoms with Gasteiger partial charge in [-0.3, -0.25) is 4.79 Å². The van der Waals surface area contributed by atoms with E-state index in [0.717, 1.165) is 12.8 Å². The van der Waals surface area contributed by atoms with E-state index in [-0.39, 0.29) is 11.5 Å². The number of carbonyl (C=O) groups is 2. The highest BCUT2D eigenvalue weighted by atomic mass is 32.1. The Hall–Kier alpha value is -2.14. The molecule has 1 heterocycles. The number of amides is 1. The molecule has 1 aromatic carbocycles. The fraction of sp³-hybridized carbons (Fsp3) is 0.250. The minimum absolute atomic E-state index is 0.0497. The number of carboxylic acid groups (broad SMARTS) is 1. The zero-order valence-corrected chi connectivity index (χ0v) is 12.6. The summed E-state index contributed by atoms with van der Waals surface area (Å²) in [4.78, 5) is 25.1. The van der Waals surface area contributed by atoms with E-state index in [1.165, 1.54) is 21.9 Å². The van der Waals surface area contributed by atoms with E-state index in [9.17, 15) is 9.59 Å². The third-order valence-corrected chi connectivity index (χ3v) is 4.10. The van der Waals surface area contributed by atoms with Gasteiger partial charge in [0.05, 0.1) is 5.56 Å². The monoisotopic (exact) mass is 303 g/mol. The predicted octanol–water partition coefficient (Wildman–Crippen LogP) is 3.72. The lowest BCUT2D eigenvalue weighted by atomic mass is 10.2. The number of carboxylic acids is 1. The molecule has 4 nitrogen and oxygen atoms in total. The third-order valence-electron chi connectivity index (χ3n) is 3.04. The Kier molecular flexibility index (Phi) is 5.11. The predicted molar refractivity (Wildman–Crippen MR) is 84.0 cm³/mol. The second kappa shape index (κ2) is 7.04. The van der Waals surface area contributed by atoms with Crippen LogP contribution in [0.5, 0.6) is 0 Å². The highest BCUT2D eigenvalue weighted by Crippen LogP contribution is 2.17. The van der Waals surface area contributed by atoms with Crippen LogP contribution in [0.15, 0.2) is 36.4 Å². The van der Waals surface area contributed by atoms with Crippen molar-refractivity contribution in [3.8, 4) is 0 Å². The Balaban J connectivity index is 1.77. The van der Waals surface area contributed by atoms with Gasteiger partial charge in [-0.15, -0.1) is 11.3 Å². The number of aromatic carboxylic acids is 1. The molecule has 21 heavy (non-hydrogen) atoms. The fourth-order valence-corrected chi connectivity index (χ4v) is 2.89. The summed E-state index contributed by atoms with van der Waals surface area (Å²) >= 11 is 1.76. The molecule has 0 aliphatic rings. The first kappa shape index (κ1) is 15.3. The fourth-order valence-electron chi connectivity index (χ4n) is 1.96. The van der Waals surface area contributed by atoms with Gasteiger partial charge in [0.2, 0.25) is 5.91 Å². The molecule has 110 valence electrons. The van der Waals surface area contributed by atoms with E-state index >= 15 is 0 Å². The average Bonchev–Trinajstić information content (AvgIpc) is 2.85. The van der Waals surface area contributed by atoms with Gasteiger partial charge in [-0.25, -0.2) is 4.79 Å². The van der Waals surface area contributed by atoms with Crippen LogP contribution in [0.3, 0.4) is 0 Å². The molecule has 0 atom stereocenters. The van der Waals surface area contributed by atoms with Gasteiger partial charge in [-0.2, -0.15) is 0 Å². The number of nitrogens with one attached hydrogen (secondary N) is 1. The molecular weight excluding hydrogens is 286 g/mol. The summed E-state index contributed by atoms with van der Waals surface area (Å²) in [5.74, 6) is -1.02. The molecule has 2 aromatic rings. The maximum Gasteiger partial charge on any atom is 0.335 e. The molecule has 0 spiro atoms. The van der Waals surface area contributed by atoms with Crippen LogP contribution >= 0.6 is 11.3 Å². The summed E-state index contributed by atoms with van der Waals surface area (Å²) in [5.41, 5.74) is 0.832. The Labute approximate surface area is 127 Å². The zero-order valence-electron chi connectivity index (χ0n) is 11.8. The summed E-state index contributed by atoms with van der Waals surface area (Å²) in [5, 5.41) is 11.6. The van der Waals surface area contributed by atoms with Crippen molar-refractivity contribution in [1.29, 1.82) is 0 Å². The normalized spacial score (nSPS) is 10.3. The molecule has 0 bridgehead atoms. The number of hydrogen-bond donors (Lipinski definition) is 2. The Bertz CT molecular complexity index is 631. The standard InChI is InChI=1S/C16H17NO3S/c1-11-5-10-14(21-11)3-2-4-15(18)17-13-8-6-12(7-9-13)16(19)20/h5-10H,2-4H2,1H3,(H,17,18)(H,19,20). The molecule has 0 saturated heterocycles. The molecule has 2 rings (SSSR count). The van der Waals surface area contributed by atoms with Gasteiger partial charge in [-0.1, -0.05) is 0 Å². The SMILES string of the molecule is Cc1ccc(CCCC(=O)Nc2ccc(C(=O)O)cc2)s1. The van der Waals surface area contributed by atoms with E-state index < -0.39 is 5.97 Å². The number of anilines is 1. The Morgan fingerprint density at radius 2 is 1.86 bits per heavy atom. The molecule has 1 aromatic heterocycles. The lowest BCUT2D eigenvalue weighted by Gasteiger charge is -2.05. The molecule has 0 aliphatic heterocycles. The highest BCUT2D eigenvalue weighted by molar-refractivity contribution is 7.11. The van der Waals surface area contributed by atoms with Gasteiger partial charge in [0.25, 0.3) is 0 Å². The van der Waals surface area contributed by atoms with E-state index in [1.54, 1.807) is 23.5 Å². The van der Waals surface area contributed by atoms with Crippen LogP contribution in [0.4, 0.5) is 5.69 Å². The molecule has 0 radical (unpaired) electrons. The summed E-state index contributed by atoms with van der Waals surface area (Å²) in [7, 11) is 0. The molecule has 0 fully saturated rings. The summed E-state index contributed by atoms with van der Waals surface area (Å²) in [6.45, 7) is 2.07. The lowest BCUT2D eigenvalue weighted by Crippen LogP contribution is -2.11. The number of aryl methyl sites for hydroxylation is 2. The maximum absolute atomic E-state index is 11.8. The first-order valence-corrected chi connectivity index (χ1v) is 7.55. The molecule has 0 aliphatic carbocycles. The molecule has 2 N–H and O–H groups in total. The maximum atomic E-state index is 11.8. The topological polar surface area (TPSA) is 66.4 Å². The van der Waals surface area contributed by atoms with Crippen LogP contribution in [0.2, 0.25) is 0 Å². The second-order valence-corrected chi connectivity index (χ2v) is 6.17. The summed E-state index contributed by atoms with van der Waals surface area (Å²) in [6.07, 6.45) is 2.17. The van der Waals surface area contributed by atoms with Crippen molar-refractivity contribution in [1.82, 2.24) is 0 Å². The van der Waals surface area contributed by atoms with Gasteiger partial charge in [0.15, 0.2) is 0 Å². The van der Waals surface area contributed by atoms with Crippen molar-refractivity contribution >= 4 is 28.9 Å². The number of carbonyl (C=O) groups excluding carboxylic acids is 1. The van der Waals surface area contributed by atoms with Crippen molar-refractivity contribution in [3.63, 3.8) is 0 Å². The number of rotatable bonds is 6. The third kappa shape index (κ3) is 4.72. The zero-order chi connectivity index (χ0) is 15.2. The Morgan fingerprint density at radius 3 is 2.43 bits per heavy atom. The van der Waals surface area contributed by atoms with Gasteiger partial charge in [-0.05, 0) is 56.2 Å². The van der Waals surface area contributed by atoms with Crippen molar-refractivity contribution in [2.75, 3.05) is 5.32 Å². The quantitative estimate of drug-likeness (QED) is 0.854. The number of hydrogen-bond acceptors (Lipinski definition) is 3. The second-order valence-electron chi connectivity index (χ2n) is 4.80. The molecule has 0 unspecified atom stereocenters. The number of thiophene rings is 1. The van der Waals surface area contributed by atoms with Crippen LogP contribution in [-0.4, -0.2) is 17.0 Å². The van der Waals surface area contributed by atoms with Crippen LogP contribution in [0.25, 0.3) is 0 Å². The minimum atomic E-state index is -0.973. The van der Waals surface area contributed by atoms with Crippen molar-refractivity contribution in [2.24, 2.45) is 0 Å². The van der Waals surface area contributed by atoms with Gasteiger partial charge in [0, 0.05) is 21.9 Å². The van der Waals surface area contributed by atoms with Gasteiger partial charge < -0.3 is 10.4 Å². The van der Waals surface area contributed by atoms with Crippen molar-refractivity contribution in [2.45, 2.75) is 26.2 Å². The van der Waals surface area contributed by atoms with E-state index in [1.807, 2.05) is 0 Å². The van der Waals surface area contributed by atoms with Gasteiger partial charge >= 0.3 is 5.97 Å². The van der Waals surface area contributed by atoms with Crippen LogP contribution in [0, 0.1) is 6.92 Å². The van der Waals surface area contributed by atoms with E-state index in [4.69, 9.17) is 5.11 Å². The summed E-state index contributed by atoms with van der Waals surface area (Å²) in [6, 6.07) is 10.3. The van der Waals surface area contributed by atoms with Crippen LogP contribution < -0.4 is 5.32 Å². The average molecular weight is 303 g/mol. The van der Waals surface area contributed by atoms with Gasteiger partial charge in [0.1, 0.15) is 0 Å². The molecular formula is C16H17NO3S. The molecule has 5 heteroatoms. The Morgan fingerprint density at radius 1 is 1.14 bits per heavy atom. The van der Waals surface area contributed by atoms with Crippen molar-refractivity contribution < 1.29 is 14.7 Å².